The lowest BCUT2D eigenvalue weighted by atomic mass is 10.2. The maximum atomic E-state index is 13.3. The Morgan fingerprint density at radius 2 is 1.64 bits per heavy atom. The summed E-state index contributed by atoms with van der Waals surface area (Å²) in [5.41, 5.74) is 0.472. The highest BCUT2D eigenvalue weighted by molar-refractivity contribution is 7.92. The standard InChI is InChI=1S/C21H26FN3O6S2/c1-3-20(25(32(2,27)28)18-8-4-16(22)5-9-18)21(26)23-17-6-10-19(11-7-17)33(29,30)24-12-14-31-15-13-24/h4-11,20H,3,12-15H2,1-2H3,(H,23,26)/t20-/m1/s1. The lowest BCUT2D eigenvalue weighted by Gasteiger charge is -2.30. The van der Waals surface area contributed by atoms with Crippen LogP contribution in [0, 0.1) is 5.82 Å². The van der Waals surface area contributed by atoms with Crippen molar-refractivity contribution in [2.75, 3.05) is 42.2 Å². The molecule has 1 amide bonds. The average Bonchev–Trinajstić information content (AvgIpc) is 2.78. The van der Waals surface area contributed by atoms with Crippen molar-refractivity contribution in [2.45, 2.75) is 24.3 Å². The fourth-order valence-corrected chi connectivity index (χ4v) is 6.14. The van der Waals surface area contributed by atoms with Crippen molar-refractivity contribution < 1.29 is 30.8 Å². The Balaban J connectivity index is 1.80. The third-order valence-corrected chi connectivity index (χ3v) is 8.23. The van der Waals surface area contributed by atoms with Gasteiger partial charge in [-0.05, 0) is 55.0 Å². The van der Waals surface area contributed by atoms with Gasteiger partial charge in [-0.15, -0.1) is 0 Å². The van der Waals surface area contributed by atoms with Crippen molar-refractivity contribution in [1.29, 1.82) is 0 Å². The summed E-state index contributed by atoms with van der Waals surface area (Å²) in [4.78, 5) is 13.1. The number of anilines is 2. The molecule has 1 fully saturated rings. The van der Waals surface area contributed by atoms with Gasteiger partial charge < -0.3 is 10.1 Å². The first-order valence-corrected chi connectivity index (χ1v) is 13.6. The molecule has 2 aromatic carbocycles. The SMILES string of the molecule is CC[C@H](C(=O)Nc1ccc(S(=O)(=O)N2CCOCC2)cc1)N(c1ccc(F)cc1)S(C)(=O)=O. The second-order valence-electron chi connectivity index (χ2n) is 7.49. The molecule has 1 aliphatic heterocycles. The molecule has 1 atom stereocenters. The molecule has 0 spiro atoms. The molecule has 3 rings (SSSR count). The molecule has 12 heteroatoms. The topological polar surface area (TPSA) is 113 Å². The van der Waals surface area contributed by atoms with Crippen molar-refractivity contribution in [1.82, 2.24) is 4.31 Å². The fraction of sp³-hybridized carbons (Fsp3) is 0.381. The summed E-state index contributed by atoms with van der Waals surface area (Å²) in [5, 5.41) is 2.64. The molecule has 0 unspecified atom stereocenters. The summed E-state index contributed by atoms with van der Waals surface area (Å²) in [7, 11) is -7.54. The molecular weight excluding hydrogens is 473 g/mol. The Labute approximate surface area is 193 Å². The summed E-state index contributed by atoms with van der Waals surface area (Å²) in [6, 6.07) is 9.38. The molecule has 0 radical (unpaired) electrons. The van der Waals surface area contributed by atoms with E-state index in [0.29, 0.717) is 18.9 Å². The van der Waals surface area contributed by atoms with E-state index in [1.807, 2.05) is 0 Å². The van der Waals surface area contributed by atoms with Crippen LogP contribution in [-0.4, -0.2) is 65.6 Å². The molecule has 0 saturated carbocycles. The normalized spacial score (nSPS) is 16.2. The predicted octanol–water partition coefficient (Wildman–Crippen LogP) is 2.03. The number of rotatable bonds is 8. The van der Waals surface area contributed by atoms with Crippen LogP contribution in [0.1, 0.15) is 13.3 Å². The number of benzene rings is 2. The van der Waals surface area contributed by atoms with Gasteiger partial charge in [-0.1, -0.05) is 6.92 Å². The van der Waals surface area contributed by atoms with E-state index in [2.05, 4.69) is 5.32 Å². The van der Waals surface area contributed by atoms with Gasteiger partial charge in [0, 0.05) is 18.8 Å². The van der Waals surface area contributed by atoms with Crippen molar-refractivity contribution in [3.05, 3.63) is 54.3 Å². The molecule has 0 aliphatic carbocycles. The third kappa shape index (κ3) is 5.88. The number of halogens is 1. The van der Waals surface area contributed by atoms with Gasteiger partial charge in [-0.3, -0.25) is 9.10 Å². The van der Waals surface area contributed by atoms with Crippen LogP contribution < -0.4 is 9.62 Å². The Morgan fingerprint density at radius 3 is 2.15 bits per heavy atom. The summed E-state index contributed by atoms with van der Waals surface area (Å²) in [5.74, 6) is -1.13. The smallest absolute Gasteiger partial charge is 0.248 e. The van der Waals surface area contributed by atoms with Crippen LogP contribution in [0.2, 0.25) is 0 Å². The molecule has 1 aliphatic rings. The van der Waals surface area contributed by atoms with Gasteiger partial charge >= 0.3 is 0 Å². The van der Waals surface area contributed by atoms with E-state index >= 15 is 0 Å². The van der Waals surface area contributed by atoms with Gasteiger partial charge in [0.15, 0.2) is 0 Å². The van der Waals surface area contributed by atoms with Crippen molar-refractivity contribution in [3.63, 3.8) is 0 Å². The predicted molar refractivity (Wildman–Crippen MR) is 122 cm³/mol. The van der Waals surface area contributed by atoms with Gasteiger partial charge in [0.25, 0.3) is 0 Å². The molecule has 1 heterocycles. The summed E-state index contributed by atoms with van der Waals surface area (Å²) in [6.07, 6.45) is 1.12. The lowest BCUT2D eigenvalue weighted by Crippen LogP contribution is -2.47. The monoisotopic (exact) mass is 499 g/mol. The van der Waals surface area contributed by atoms with E-state index in [1.165, 1.54) is 40.7 Å². The third-order valence-electron chi connectivity index (χ3n) is 5.14. The van der Waals surface area contributed by atoms with Crippen LogP contribution in [0.15, 0.2) is 53.4 Å². The molecule has 0 bridgehead atoms. The molecule has 0 aromatic heterocycles. The number of nitrogens with one attached hydrogen (secondary N) is 1. The minimum absolute atomic E-state index is 0.0820. The Morgan fingerprint density at radius 1 is 1.06 bits per heavy atom. The van der Waals surface area contributed by atoms with Gasteiger partial charge in [0.2, 0.25) is 26.0 Å². The van der Waals surface area contributed by atoms with Crippen LogP contribution in [-0.2, 0) is 29.6 Å². The summed E-state index contributed by atoms with van der Waals surface area (Å²) in [6.45, 7) is 2.85. The molecule has 1 N–H and O–H groups in total. The molecule has 180 valence electrons. The largest absolute Gasteiger partial charge is 0.379 e. The van der Waals surface area contributed by atoms with Gasteiger partial charge in [0.1, 0.15) is 11.9 Å². The van der Waals surface area contributed by atoms with Gasteiger partial charge in [-0.2, -0.15) is 4.31 Å². The summed E-state index contributed by atoms with van der Waals surface area (Å²) >= 11 is 0. The highest BCUT2D eigenvalue weighted by Gasteiger charge is 2.32. The number of hydrogen-bond acceptors (Lipinski definition) is 6. The molecule has 1 saturated heterocycles. The molecule has 9 nitrogen and oxygen atoms in total. The van der Waals surface area contributed by atoms with E-state index in [4.69, 9.17) is 4.74 Å². The van der Waals surface area contributed by atoms with Crippen LogP contribution in [0.25, 0.3) is 0 Å². The van der Waals surface area contributed by atoms with Gasteiger partial charge in [-0.25, -0.2) is 21.2 Å². The number of carbonyl (C=O) groups is 1. The highest BCUT2D eigenvalue weighted by atomic mass is 32.2. The quantitative estimate of drug-likeness (QED) is 0.595. The second kappa shape index (κ2) is 10.2. The van der Waals surface area contributed by atoms with Crippen LogP contribution in [0.3, 0.4) is 0 Å². The molecule has 33 heavy (non-hydrogen) atoms. The minimum atomic E-state index is -3.86. The lowest BCUT2D eigenvalue weighted by molar-refractivity contribution is -0.117. The highest BCUT2D eigenvalue weighted by Crippen LogP contribution is 2.24. The van der Waals surface area contributed by atoms with Crippen LogP contribution in [0.4, 0.5) is 15.8 Å². The zero-order chi connectivity index (χ0) is 24.2. The zero-order valence-corrected chi connectivity index (χ0v) is 19.9. The number of morpholine rings is 1. The van der Waals surface area contributed by atoms with Crippen LogP contribution >= 0.6 is 0 Å². The Hall–Kier alpha value is -2.54. The molecular formula is C21H26FN3O6S2. The van der Waals surface area contributed by atoms with E-state index in [-0.39, 0.29) is 30.1 Å². The minimum Gasteiger partial charge on any atom is -0.379 e. The van der Waals surface area contributed by atoms with Crippen molar-refractivity contribution in [3.8, 4) is 0 Å². The van der Waals surface area contributed by atoms with Crippen molar-refractivity contribution >= 4 is 37.3 Å². The van der Waals surface area contributed by atoms with E-state index in [1.54, 1.807) is 6.92 Å². The number of ether oxygens (including phenoxy) is 1. The van der Waals surface area contributed by atoms with Crippen LogP contribution in [0.5, 0.6) is 0 Å². The average molecular weight is 500 g/mol. The summed E-state index contributed by atoms with van der Waals surface area (Å²) < 4.78 is 71.2. The maximum absolute atomic E-state index is 13.3. The Kier molecular flexibility index (Phi) is 7.73. The van der Waals surface area contributed by atoms with E-state index in [9.17, 15) is 26.0 Å². The van der Waals surface area contributed by atoms with Crippen molar-refractivity contribution in [2.24, 2.45) is 0 Å². The number of hydrogen-bond donors (Lipinski definition) is 1. The first-order chi connectivity index (χ1) is 15.5. The Bertz CT molecular complexity index is 1180. The second-order valence-corrected chi connectivity index (χ2v) is 11.3. The maximum Gasteiger partial charge on any atom is 0.248 e. The number of carbonyl (C=O) groups excluding carboxylic acids is 1. The van der Waals surface area contributed by atoms with E-state index < -0.39 is 37.8 Å². The first-order valence-electron chi connectivity index (χ1n) is 10.3. The van der Waals surface area contributed by atoms with Gasteiger partial charge in [0.05, 0.1) is 30.1 Å². The zero-order valence-electron chi connectivity index (χ0n) is 18.3. The fourth-order valence-electron chi connectivity index (χ4n) is 3.52. The van der Waals surface area contributed by atoms with E-state index in [0.717, 1.165) is 22.7 Å². The number of nitrogens with zero attached hydrogens (tertiary/aromatic N) is 2. The number of sulfonamides is 2. The number of amides is 1. The molecule has 2 aromatic rings. The first kappa shape index (κ1) is 25.1.